The minimum absolute atomic E-state index is 0.105. The van der Waals surface area contributed by atoms with Gasteiger partial charge in [0.15, 0.2) is 11.6 Å². The van der Waals surface area contributed by atoms with Crippen LogP contribution in [-0.2, 0) is 5.92 Å². The Morgan fingerprint density at radius 1 is 1.00 bits per heavy atom. The van der Waals surface area contributed by atoms with Crippen LogP contribution in [0.25, 0.3) is 11.1 Å². The van der Waals surface area contributed by atoms with Gasteiger partial charge in [0.2, 0.25) is 5.88 Å². The van der Waals surface area contributed by atoms with E-state index in [1.54, 1.807) is 30.6 Å². The lowest BCUT2D eigenvalue weighted by Gasteiger charge is -2.14. The summed E-state index contributed by atoms with van der Waals surface area (Å²) in [5, 5.41) is 0. The number of ether oxygens (including phenoxy) is 2. The summed E-state index contributed by atoms with van der Waals surface area (Å²) < 4.78 is 51.7. The highest BCUT2D eigenvalue weighted by atomic mass is 19.3. The van der Waals surface area contributed by atoms with Crippen LogP contribution < -0.4 is 9.47 Å². The quantitative estimate of drug-likeness (QED) is 0.628. The number of aromatic nitrogens is 2. The molecule has 0 amide bonds. The summed E-state index contributed by atoms with van der Waals surface area (Å²) in [6.45, 7) is 0.702. The molecule has 0 aliphatic carbocycles. The van der Waals surface area contributed by atoms with Crippen molar-refractivity contribution in [2.45, 2.75) is 12.8 Å². The third kappa shape index (κ3) is 3.61. The van der Waals surface area contributed by atoms with Crippen molar-refractivity contribution < 1.29 is 22.6 Å². The van der Waals surface area contributed by atoms with Crippen LogP contribution >= 0.6 is 0 Å². The summed E-state index contributed by atoms with van der Waals surface area (Å²) in [4.78, 5) is 8.17. The number of hydrogen-bond acceptors (Lipinski definition) is 4. The van der Waals surface area contributed by atoms with E-state index in [0.717, 1.165) is 18.2 Å². The number of benzene rings is 1. The van der Waals surface area contributed by atoms with Gasteiger partial charge in [-0.05, 0) is 36.4 Å². The zero-order chi connectivity index (χ0) is 18.7. The van der Waals surface area contributed by atoms with E-state index >= 15 is 0 Å². The molecule has 7 heteroatoms. The van der Waals surface area contributed by atoms with Gasteiger partial charge in [0.1, 0.15) is 5.75 Å². The Bertz CT molecular complexity index is 927. The standard InChI is InChI=1S/C19H15F3N2O2/c1-19(21,22)12-5-6-17(15(20)10-12)26-18-13(4-3-8-24-18)14-11-23-9-7-16(14)25-2/h3-11H,1-2H3. The van der Waals surface area contributed by atoms with Crippen molar-refractivity contribution in [3.8, 4) is 28.5 Å². The third-order valence-corrected chi connectivity index (χ3v) is 3.71. The van der Waals surface area contributed by atoms with Crippen molar-refractivity contribution in [3.05, 3.63) is 66.4 Å². The minimum atomic E-state index is -3.14. The molecule has 2 heterocycles. The Morgan fingerprint density at radius 2 is 1.81 bits per heavy atom. The first-order valence-corrected chi connectivity index (χ1v) is 7.69. The van der Waals surface area contributed by atoms with Crippen molar-refractivity contribution in [1.29, 1.82) is 0 Å². The predicted molar refractivity (Wildman–Crippen MR) is 90.1 cm³/mol. The summed E-state index contributed by atoms with van der Waals surface area (Å²) >= 11 is 0. The molecular weight excluding hydrogens is 345 g/mol. The maximum absolute atomic E-state index is 14.2. The second-order valence-electron chi connectivity index (χ2n) is 5.57. The highest BCUT2D eigenvalue weighted by molar-refractivity contribution is 5.73. The number of alkyl halides is 2. The molecule has 26 heavy (non-hydrogen) atoms. The number of methoxy groups -OCH3 is 1. The van der Waals surface area contributed by atoms with Gasteiger partial charge in [0.05, 0.1) is 7.11 Å². The van der Waals surface area contributed by atoms with E-state index in [1.165, 1.54) is 13.3 Å². The largest absolute Gasteiger partial charge is 0.496 e. The van der Waals surface area contributed by atoms with Crippen molar-refractivity contribution in [1.82, 2.24) is 9.97 Å². The Morgan fingerprint density at radius 3 is 2.50 bits per heavy atom. The zero-order valence-electron chi connectivity index (χ0n) is 14.0. The van der Waals surface area contributed by atoms with Crippen LogP contribution in [0.5, 0.6) is 17.4 Å². The van der Waals surface area contributed by atoms with Crippen LogP contribution in [-0.4, -0.2) is 17.1 Å². The van der Waals surface area contributed by atoms with Crippen LogP contribution in [0.2, 0.25) is 0 Å². The van der Waals surface area contributed by atoms with Crippen LogP contribution in [0.1, 0.15) is 12.5 Å². The molecule has 0 bridgehead atoms. The Balaban J connectivity index is 2.00. The second-order valence-corrected chi connectivity index (χ2v) is 5.57. The molecule has 0 aliphatic rings. The van der Waals surface area contributed by atoms with Crippen molar-refractivity contribution >= 4 is 0 Å². The maximum Gasteiger partial charge on any atom is 0.270 e. The van der Waals surface area contributed by atoms with Gasteiger partial charge in [0.25, 0.3) is 5.92 Å². The number of halogens is 3. The molecule has 1 aromatic carbocycles. The number of hydrogen-bond donors (Lipinski definition) is 0. The molecule has 0 fully saturated rings. The van der Waals surface area contributed by atoms with Crippen LogP contribution in [0.15, 0.2) is 55.0 Å². The summed E-state index contributed by atoms with van der Waals surface area (Å²) in [6.07, 6.45) is 4.62. The lowest BCUT2D eigenvalue weighted by molar-refractivity contribution is 0.0171. The van der Waals surface area contributed by atoms with Crippen LogP contribution in [0.4, 0.5) is 13.2 Å². The van der Waals surface area contributed by atoms with E-state index in [9.17, 15) is 13.2 Å². The Kier molecular flexibility index (Phi) is 4.79. The van der Waals surface area contributed by atoms with Gasteiger partial charge >= 0.3 is 0 Å². The maximum atomic E-state index is 14.2. The summed E-state index contributed by atoms with van der Waals surface area (Å²) in [6, 6.07) is 8.10. The van der Waals surface area contributed by atoms with Gasteiger partial charge in [-0.2, -0.15) is 0 Å². The van der Waals surface area contributed by atoms with E-state index in [4.69, 9.17) is 9.47 Å². The molecule has 0 aliphatic heterocycles. The van der Waals surface area contributed by atoms with E-state index < -0.39 is 17.3 Å². The summed E-state index contributed by atoms with van der Waals surface area (Å²) in [7, 11) is 1.51. The molecule has 0 saturated carbocycles. The Labute approximate surface area is 148 Å². The number of rotatable bonds is 5. The molecule has 4 nitrogen and oxygen atoms in total. The molecule has 3 aromatic rings. The topological polar surface area (TPSA) is 44.2 Å². The molecule has 0 radical (unpaired) electrons. The first-order chi connectivity index (χ1) is 12.4. The van der Waals surface area contributed by atoms with Gasteiger partial charge in [-0.3, -0.25) is 4.98 Å². The smallest absolute Gasteiger partial charge is 0.270 e. The molecular formula is C19H15F3N2O2. The normalized spacial score (nSPS) is 11.3. The first kappa shape index (κ1) is 17.7. The van der Waals surface area contributed by atoms with Gasteiger partial charge in [-0.1, -0.05) is 0 Å². The van der Waals surface area contributed by atoms with Crippen molar-refractivity contribution in [2.24, 2.45) is 0 Å². The fourth-order valence-corrected chi connectivity index (χ4v) is 2.40. The highest BCUT2D eigenvalue weighted by Crippen LogP contribution is 2.37. The second kappa shape index (κ2) is 7.03. The van der Waals surface area contributed by atoms with Gasteiger partial charge < -0.3 is 9.47 Å². The predicted octanol–water partition coefficient (Wildman–Crippen LogP) is 5.20. The molecule has 0 N–H and O–H groups in total. The highest BCUT2D eigenvalue weighted by Gasteiger charge is 2.26. The average Bonchev–Trinajstić information content (AvgIpc) is 2.63. The van der Waals surface area contributed by atoms with Crippen LogP contribution in [0, 0.1) is 5.82 Å². The molecule has 134 valence electrons. The number of pyridine rings is 2. The summed E-state index contributed by atoms with van der Waals surface area (Å²) in [5.41, 5.74) is 0.703. The zero-order valence-corrected chi connectivity index (χ0v) is 14.0. The third-order valence-electron chi connectivity index (χ3n) is 3.71. The molecule has 2 aromatic heterocycles. The Hall–Kier alpha value is -3.09. The average molecular weight is 360 g/mol. The first-order valence-electron chi connectivity index (χ1n) is 7.69. The SMILES string of the molecule is COc1ccncc1-c1cccnc1Oc1ccc(C(C)(F)F)cc1F. The van der Waals surface area contributed by atoms with E-state index in [2.05, 4.69) is 9.97 Å². The van der Waals surface area contributed by atoms with E-state index in [1.807, 2.05) is 0 Å². The molecule has 3 rings (SSSR count). The van der Waals surface area contributed by atoms with E-state index in [-0.39, 0.29) is 11.6 Å². The van der Waals surface area contributed by atoms with E-state index in [0.29, 0.717) is 23.8 Å². The lowest BCUT2D eigenvalue weighted by Crippen LogP contribution is -2.07. The monoisotopic (exact) mass is 360 g/mol. The molecule has 0 unspecified atom stereocenters. The fraction of sp³-hybridized carbons (Fsp3) is 0.158. The lowest BCUT2D eigenvalue weighted by atomic mass is 10.1. The molecule has 0 spiro atoms. The van der Waals surface area contributed by atoms with Gasteiger partial charge in [-0.25, -0.2) is 18.2 Å². The number of nitrogens with zero attached hydrogens (tertiary/aromatic N) is 2. The molecule has 0 atom stereocenters. The minimum Gasteiger partial charge on any atom is -0.496 e. The van der Waals surface area contributed by atoms with Gasteiger partial charge in [0, 0.05) is 42.2 Å². The van der Waals surface area contributed by atoms with Crippen molar-refractivity contribution in [2.75, 3.05) is 7.11 Å². The van der Waals surface area contributed by atoms with Crippen molar-refractivity contribution in [3.63, 3.8) is 0 Å². The molecule has 0 saturated heterocycles. The summed E-state index contributed by atoms with van der Waals surface area (Å²) in [5.74, 6) is -3.61. The van der Waals surface area contributed by atoms with Crippen LogP contribution in [0.3, 0.4) is 0 Å². The van der Waals surface area contributed by atoms with Gasteiger partial charge in [-0.15, -0.1) is 0 Å². The fourth-order valence-electron chi connectivity index (χ4n) is 2.40.